The van der Waals surface area contributed by atoms with E-state index in [4.69, 9.17) is 0 Å². The van der Waals surface area contributed by atoms with Crippen molar-refractivity contribution in [1.29, 1.82) is 0 Å². The van der Waals surface area contributed by atoms with Gasteiger partial charge >= 0.3 is 0 Å². The average molecular weight is 263 g/mol. The SMILES string of the molecule is CNc1cc(C(=O)N(C)CC2CC2)ccc1[N+](=O)[O-]. The van der Waals surface area contributed by atoms with Crippen LogP contribution in [0.1, 0.15) is 23.2 Å². The van der Waals surface area contributed by atoms with Gasteiger partial charge in [-0.3, -0.25) is 14.9 Å². The van der Waals surface area contributed by atoms with Gasteiger partial charge in [-0.15, -0.1) is 0 Å². The molecule has 0 aromatic heterocycles. The third-order valence-electron chi connectivity index (χ3n) is 3.29. The number of nitro benzene ring substituents is 1. The highest BCUT2D eigenvalue weighted by molar-refractivity contribution is 5.95. The molecule has 0 bridgehead atoms. The van der Waals surface area contributed by atoms with Crippen LogP contribution in [0.5, 0.6) is 0 Å². The lowest BCUT2D eigenvalue weighted by atomic mass is 10.1. The monoisotopic (exact) mass is 263 g/mol. The van der Waals surface area contributed by atoms with Gasteiger partial charge in [-0.2, -0.15) is 0 Å². The van der Waals surface area contributed by atoms with Gasteiger partial charge in [0.2, 0.25) is 0 Å². The highest BCUT2D eigenvalue weighted by atomic mass is 16.6. The molecule has 19 heavy (non-hydrogen) atoms. The molecule has 1 amide bonds. The summed E-state index contributed by atoms with van der Waals surface area (Å²) in [6.45, 7) is 0.755. The van der Waals surface area contributed by atoms with E-state index in [9.17, 15) is 14.9 Å². The lowest BCUT2D eigenvalue weighted by Crippen LogP contribution is -2.28. The number of carbonyl (C=O) groups excluding carboxylic acids is 1. The van der Waals surface area contributed by atoms with E-state index in [-0.39, 0.29) is 11.6 Å². The molecule has 0 heterocycles. The topological polar surface area (TPSA) is 75.5 Å². The van der Waals surface area contributed by atoms with E-state index in [1.54, 1.807) is 19.0 Å². The summed E-state index contributed by atoms with van der Waals surface area (Å²) in [7, 11) is 3.37. The van der Waals surface area contributed by atoms with Gasteiger partial charge < -0.3 is 10.2 Å². The molecule has 1 aromatic carbocycles. The van der Waals surface area contributed by atoms with Gasteiger partial charge in [0.15, 0.2) is 0 Å². The van der Waals surface area contributed by atoms with Gasteiger partial charge in [0.1, 0.15) is 5.69 Å². The normalized spacial score (nSPS) is 14.0. The van der Waals surface area contributed by atoms with Crippen molar-refractivity contribution in [3.63, 3.8) is 0 Å². The predicted molar refractivity (Wildman–Crippen MR) is 72.3 cm³/mol. The lowest BCUT2D eigenvalue weighted by Gasteiger charge is -2.17. The summed E-state index contributed by atoms with van der Waals surface area (Å²) < 4.78 is 0. The number of hydrogen-bond donors (Lipinski definition) is 1. The molecule has 1 fully saturated rings. The quantitative estimate of drug-likeness (QED) is 0.652. The second-order valence-corrected chi connectivity index (χ2v) is 4.87. The molecule has 0 atom stereocenters. The van der Waals surface area contributed by atoms with Crippen molar-refractivity contribution in [1.82, 2.24) is 4.90 Å². The molecule has 1 aliphatic rings. The van der Waals surface area contributed by atoms with Crippen LogP contribution in [-0.4, -0.2) is 36.4 Å². The van der Waals surface area contributed by atoms with Crippen LogP contribution in [0.4, 0.5) is 11.4 Å². The highest BCUT2D eigenvalue weighted by Crippen LogP contribution is 2.30. The number of rotatable bonds is 5. The van der Waals surface area contributed by atoms with Crippen molar-refractivity contribution < 1.29 is 9.72 Å². The molecule has 0 radical (unpaired) electrons. The van der Waals surface area contributed by atoms with Crippen LogP contribution in [0.25, 0.3) is 0 Å². The maximum absolute atomic E-state index is 12.2. The summed E-state index contributed by atoms with van der Waals surface area (Å²) >= 11 is 0. The summed E-state index contributed by atoms with van der Waals surface area (Å²) in [5.74, 6) is 0.522. The zero-order valence-corrected chi connectivity index (χ0v) is 11.0. The van der Waals surface area contributed by atoms with Crippen molar-refractivity contribution in [2.75, 3.05) is 26.0 Å². The molecule has 102 valence electrons. The van der Waals surface area contributed by atoms with Gasteiger partial charge in [0.05, 0.1) is 4.92 Å². The minimum absolute atomic E-state index is 0.0242. The van der Waals surface area contributed by atoms with Crippen LogP contribution in [0.3, 0.4) is 0 Å². The Morgan fingerprint density at radius 1 is 1.53 bits per heavy atom. The smallest absolute Gasteiger partial charge is 0.292 e. The van der Waals surface area contributed by atoms with Crippen molar-refractivity contribution in [3.05, 3.63) is 33.9 Å². The van der Waals surface area contributed by atoms with Crippen molar-refractivity contribution in [2.45, 2.75) is 12.8 Å². The molecule has 0 saturated heterocycles. The zero-order valence-electron chi connectivity index (χ0n) is 11.0. The van der Waals surface area contributed by atoms with Crippen LogP contribution in [0.15, 0.2) is 18.2 Å². The van der Waals surface area contributed by atoms with E-state index in [1.807, 2.05) is 0 Å². The van der Waals surface area contributed by atoms with E-state index in [2.05, 4.69) is 5.32 Å². The van der Waals surface area contributed by atoms with Crippen LogP contribution >= 0.6 is 0 Å². The van der Waals surface area contributed by atoms with E-state index in [0.29, 0.717) is 17.2 Å². The van der Waals surface area contributed by atoms with Gasteiger partial charge in [-0.05, 0) is 30.9 Å². The number of hydrogen-bond acceptors (Lipinski definition) is 4. The Balaban J connectivity index is 2.19. The molecule has 1 aromatic rings. The first-order valence-corrected chi connectivity index (χ1v) is 6.24. The van der Waals surface area contributed by atoms with Crippen LogP contribution in [0, 0.1) is 16.0 Å². The Kier molecular flexibility index (Phi) is 3.69. The largest absolute Gasteiger partial charge is 0.383 e. The number of nitrogens with zero attached hydrogens (tertiary/aromatic N) is 2. The standard InChI is InChI=1S/C13H17N3O3/c1-14-11-7-10(5-6-12(11)16(18)19)13(17)15(2)8-9-3-4-9/h5-7,9,14H,3-4,8H2,1-2H3. The molecular weight excluding hydrogens is 246 g/mol. The first kappa shape index (κ1) is 13.3. The Morgan fingerprint density at radius 3 is 2.74 bits per heavy atom. The van der Waals surface area contributed by atoms with Gasteiger partial charge in [0.25, 0.3) is 11.6 Å². The Morgan fingerprint density at radius 2 is 2.21 bits per heavy atom. The van der Waals surface area contributed by atoms with Gasteiger partial charge in [-0.1, -0.05) is 0 Å². The highest BCUT2D eigenvalue weighted by Gasteiger charge is 2.26. The summed E-state index contributed by atoms with van der Waals surface area (Å²) in [5.41, 5.74) is 0.803. The molecular formula is C13H17N3O3. The van der Waals surface area contributed by atoms with Crippen LogP contribution in [-0.2, 0) is 0 Å². The second kappa shape index (κ2) is 5.26. The maximum atomic E-state index is 12.2. The summed E-state index contributed by atoms with van der Waals surface area (Å²) in [4.78, 5) is 24.2. The zero-order chi connectivity index (χ0) is 14.0. The minimum atomic E-state index is -0.464. The lowest BCUT2D eigenvalue weighted by molar-refractivity contribution is -0.383. The van der Waals surface area contributed by atoms with Crippen molar-refractivity contribution in [2.24, 2.45) is 5.92 Å². The van der Waals surface area contributed by atoms with Gasteiger partial charge in [-0.25, -0.2) is 0 Å². The number of carbonyl (C=O) groups is 1. The number of nitro groups is 1. The van der Waals surface area contributed by atoms with E-state index in [0.717, 1.165) is 6.54 Å². The predicted octanol–water partition coefficient (Wildman–Crippen LogP) is 2.12. The fourth-order valence-electron chi connectivity index (χ4n) is 2.02. The fourth-order valence-corrected chi connectivity index (χ4v) is 2.02. The molecule has 2 rings (SSSR count). The number of benzene rings is 1. The van der Waals surface area contributed by atoms with Crippen molar-refractivity contribution in [3.8, 4) is 0 Å². The van der Waals surface area contributed by atoms with Crippen LogP contribution in [0.2, 0.25) is 0 Å². The third-order valence-corrected chi connectivity index (χ3v) is 3.29. The van der Waals surface area contributed by atoms with Crippen LogP contribution < -0.4 is 5.32 Å². The minimum Gasteiger partial charge on any atom is -0.383 e. The molecule has 1 aliphatic carbocycles. The van der Waals surface area contributed by atoms with E-state index < -0.39 is 4.92 Å². The first-order chi connectivity index (χ1) is 9.02. The molecule has 0 spiro atoms. The Bertz CT molecular complexity index is 512. The average Bonchev–Trinajstić information content (AvgIpc) is 3.20. The second-order valence-electron chi connectivity index (χ2n) is 4.87. The fraction of sp³-hybridized carbons (Fsp3) is 0.462. The van der Waals surface area contributed by atoms with Gasteiger partial charge in [0, 0.05) is 32.3 Å². The molecule has 0 aliphatic heterocycles. The summed E-state index contributed by atoms with van der Waals surface area (Å²) in [5, 5.41) is 13.6. The van der Waals surface area contributed by atoms with Crippen molar-refractivity contribution >= 4 is 17.3 Å². The number of anilines is 1. The summed E-state index contributed by atoms with van der Waals surface area (Å²) in [6, 6.07) is 4.40. The molecule has 6 nitrogen and oxygen atoms in total. The van der Waals surface area contributed by atoms with E-state index >= 15 is 0 Å². The number of nitrogens with one attached hydrogen (secondary N) is 1. The van der Waals surface area contributed by atoms with E-state index in [1.165, 1.54) is 31.0 Å². The molecule has 6 heteroatoms. The summed E-state index contributed by atoms with van der Waals surface area (Å²) in [6.07, 6.45) is 2.36. The Hall–Kier alpha value is -2.11. The molecule has 0 unspecified atom stereocenters. The first-order valence-electron chi connectivity index (χ1n) is 6.24. The third kappa shape index (κ3) is 3.01. The Labute approximate surface area is 111 Å². The molecule has 1 saturated carbocycles. The maximum Gasteiger partial charge on any atom is 0.292 e. The molecule has 1 N–H and O–H groups in total. The number of amides is 1.